The number of carbonyl (C=O) groups excluding carboxylic acids is 1. The van der Waals surface area contributed by atoms with Crippen molar-refractivity contribution in [3.8, 4) is 0 Å². The van der Waals surface area contributed by atoms with Crippen LogP contribution in [0.5, 0.6) is 0 Å². The molecule has 3 heteroatoms. The molecule has 2 atom stereocenters. The largest absolute Gasteiger partial charge is 0.385 e. The lowest BCUT2D eigenvalue weighted by Gasteiger charge is -2.26. The summed E-state index contributed by atoms with van der Waals surface area (Å²) in [6, 6.07) is 7.76. The summed E-state index contributed by atoms with van der Waals surface area (Å²) in [5.74, 6) is 1.52. The van der Waals surface area contributed by atoms with Gasteiger partial charge in [0.05, 0.1) is 0 Å². The molecule has 1 saturated carbocycles. The predicted octanol–water partition coefficient (Wildman–Crippen LogP) is 4.06. The van der Waals surface area contributed by atoms with E-state index in [2.05, 4.69) is 24.5 Å². The zero-order chi connectivity index (χ0) is 15.1. The highest BCUT2D eigenvalue weighted by molar-refractivity contribution is 5.94. The quantitative estimate of drug-likeness (QED) is 0.828. The van der Waals surface area contributed by atoms with Crippen LogP contribution in [0.25, 0.3) is 0 Å². The van der Waals surface area contributed by atoms with Gasteiger partial charge in [-0.2, -0.15) is 0 Å². The van der Waals surface area contributed by atoms with E-state index in [1.54, 1.807) is 0 Å². The minimum absolute atomic E-state index is 0.0512. The van der Waals surface area contributed by atoms with Crippen molar-refractivity contribution in [2.24, 2.45) is 11.8 Å². The molecule has 1 aromatic rings. The van der Waals surface area contributed by atoms with Crippen molar-refractivity contribution >= 4 is 11.6 Å². The fourth-order valence-corrected chi connectivity index (χ4v) is 3.09. The van der Waals surface area contributed by atoms with Gasteiger partial charge in [-0.25, -0.2) is 0 Å². The van der Waals surface area contributed by atoms with Crippen LogP contribution < -0.4 is 10.6 Å². The third-order valence-corrected chi connectivity index (χ3v) is 4.32. The molecule has 2 unspecified atom stereocenters. The zero-order valence-electron chi connectivity index (χ0n) is 13.3. The van der Waals surface area contributed by atoms with Crippen molar-refractivity contribution in [2.45, 2.75) is 46.0 Å². The van der Waals surface area contributed by atoms with Gasteiger partial charge < -0.3 is 10.6 Å². The Hall–Kier alpha value is -1.51. The van der Waals surface area contributed by atoms with E-state index in [4.69, 9.17) is 0 Å². The number of rotatable bonds is 6. The minimum Gasteiger partial charge on any atom is -0.385 e. The maximum absolute atomic E-state index is 12.2. The van der Waals surface area contributed by atoms with Gasteiger partial charge in [0, 0.05) is 24.3 Å². The van der Waals surface area contributed by atoms with Crippen LogP contribution in [-0.4, -0.2) is 19.0 Å². The van der Waals surface area contributed by atoms with Crippen molar-refractivity contribution < 1.29 is 4.79 Å². The second kappa shape index (κ2) is 8.06. The molecule has 2 N–H and O–H groups in total. The molecule has 21 heavy (non-hydrogen) atoms. The second-order valence-corrected chi connectivity index (χ2v) is 6.35. The number of anilines is 1. The summed E-state index contributed by atoms with van der Waals surface area (Å²) in [5, 5.41) is 6.41. The fraction of sp³-hybridized carbons (Fsp3) is 0.611. The van der Waals surface area contributed by atoms with Gasteiger partial charge in [-0.1, -0.05) is 26.7 Å². The van der Waals surface area contributed by atoms with Gasteiger partial charge in [-0.3, -0.25) is 4.79 Å². The first kappa shape index (κ1) is 15.9. The molecule has 1 fully saturated rings. The Balaban J connectivity index is 1.79. The Kier molecular flexibility index (Phi) is 6.09. The lowest BCUT2D eigenvalue weighted by atomic mass is 9.82. The first-order valence-electron chi connectivity index (χ1n) is 8.31. The highest BCUT2D eigenvalue weighted by Crippen LogP contribution is 2.27. The van der Waals surface area contributed by atoms with Crippen LogP contribution >= 0.6 is 0 Å². The molecule has 116 valence electrons. The number of carbonyl (C=O) groups is 1. The maximum Gasteiger partial charge on any atom is 0.251 e. The van der Waals surface area contributed by atoms with Crippen LogP contribution in [0, 0.1) is 11.8 Å². The van der Waals surface area contributed by atoms with Crippen LogP contribution in [0.15, 0.2) is 24.3 Å². The smallest absolute Gasteiger partial charge is 0.251 e. The average molecular weight is 288 g/mol. The van der Waals surface area contributed by atoms with E-state index < -0.39 is 0 Å². The highest BCUT2D eigenvalue weighted by Gasteiger charge is 2.19. The van der Waals surface area contributed by atoms with E-state index in [1.807, 2.05) is 24.3 Å². The molecule has 1 amide bonds. The molecular formula is C18H28N2O. The lowest BCUT2D eigenvalue weighted by Crippen LogP contribution is -2.31. The van der Waals surface area contributed by atoms with Gasteiger partial charge in [0.15, 0.2) is 0 Å². The van der Waals surface area contributed by atoms with Crippen molar-refractivity contribution in [1.29, 1.82) is 0 Å². The Labute approximate surface area is 128 Å². The van der Waals surface area contributed by atoms with Crippen LogP contribution in [0.2, 0.25) is 0 Å². The van der Waals surface area contributed by atoms with Gasteiger partial charge in [0.25, 0.3) is 5.91 Å². The molecule has 1 aromatic carbocycles. The van der Waals surface area contributed by atoms with Gasteiger partial charge in [-0.05, 0) is 55.4 Å². The van der Waals surface area contributed by atoms with Crippen LogP contribution in [0.3, 0.4) is 0 Å². The maximum atomic E-state index is 12.2. The Morgan fingerprint density at radius 3 is 2.67 bits per heavy atom. The number of hydrogen-bond acceptors (Lipinski definition) is 2. The van der Waals surface area contributed by atoms with E-state index >= 15 is 0 Å². The summed E-state index contributed by atoms with van der Waals surface area (Å²) < 4.78 is 0. The van der Waals surface area contributed by atoms with Crippen molar-refractivity contribution in [1.82, 2.24) is 5.32 Å². The SMILES string of the molecule is CCCNc1ccc(C(=O)NCC2CCCC(C)C2)cc1. The first-order valence-corrected chi connectivity index (χ1v) is 8.31. The van der Waals surface area contributed by atoms with E-state index in [-0.39, 0.29) is 5.91 Å². The lowest BCUT2D eigenvalue weighted by molar-refractivity contribution is 0.0940. The molecule has 2 rings (SSSR count). The Morgan fingerprint density at radius 1 is 1.24 bits per heavy atom. The summed E-state index contributed by atoms with van der Waals surface area (Å²) >= 11 is 0. The number of nitrogens with one attached hydrogen (secondary N) is 2. The van der Waals surface area contributed by atoms with Crippen molar-refractivity contribution in [3.05, 3.63) is 29.8 Å². The second-order valence-electron chi connectivity index (χ2n) is 6.35. The Morgan fingerprint density at radius 2 is 2.00 bits per heavy atom. The topological polar surface area (TPSA) is 41.1 Å². The van der Waals surface area contributed by atoms with E-state index in [1.165, 1.54) is 25.7 Å². The van der Waals surface area contributed by atoms with Crippen molar-refractivity contribution in [3.63, 3.8) is 0 Å². The van der Waals surface area contributed by atoms with Crippen molar-refractivity contribution in [2.75, 3.05) is 18.4 Å². The monoisotopic (exact) mass is 288 g/mol. The molecule has 0 aliphatic heterocycles. The molecule has 0 saturated heterocycles. The molecule has 1 aliphatic carbocycles. The number of amides is 1. The molecule has 0 heterocycles. The molecule has 0 spiro atoms. The summed E-state index contributed by atoms with van der Waals surface area (Å²) in [6.45, 7) is 6.24. The third-order valence-electron chi connectivity index (χ3n) is 4.32. The fourth-order valence-electron chi connectivity index (χ4n) is 3.09. The third kappa shape index (κ3) is 5.07. The van der Waals surface area contributed by atoms with Crippen LogP contribution in [0.4, 0.5) is 5.69 Å². The minimum atomic E-state index is 0.0512. The normalized spacial score (nSPS) is 21.8. The molecular weight excluding hydrogens is 260 g/mol. The van der Waals surface area contributed by atoms with Crippen LogP contribution in [-0.2, 0) is 0 Å². The molecule has 0 radical (unpaired) electrons. The van der Waals surface area contributed by atoms with E-state index in [0.717, 1.165) is 36.7 Å². The van der Waals surface area contributed by atoms with Crippen LogP contribution in [0.1, 0.15) is 56.3 Å². The predicted molar refractivity (Wildman–Crippen MR) is 88.7 cm³/mol. The van der Waals surface area contributed by atoms with E-state index in [0.29, 0.717) is 5.92 Å². The highest BCUT2D eigenvalue weighted by atomic mass is 16.1. The van der Waals surface area contributed by atoms with Gasteiger partial charge in [0.1, 0.15) is 0 Å². The molecule has 1 aliphatic rings. The summed E-state index contributed by atoms with van der Waals surface area (Å²) in [5.41, 5.74) is 1.83. The Bertz CT molecular complexity index is 441. The summed E-state index contributed by atoms with van der Waals surface area (Å²) in [4.78, 5) is 12.2. The number of benzene rings is 1. The van der Waals surface area contributed by atoms with Gasteiger partial charge >= 0.3 is 0 Å². The zero-order valence-corrected chi connectivity index (χ0v) is 13.3. The summed E-state index contributed by atoms with van der Waals surface area (Å²) in [7, 11) is 0. The number of hydrogen-bond donors (Lipinski definition) is 2. The molecule has 0 aromatic heterocycles. The molecule has 3 nitrogen and oxygen atoms in total. The standard InChI is InChI=1S/C18H28N2O/c1-3-11-19-17-9-7-16(8-10-17)18(21)20-13-15-6-4-5-14(2)12-15/h7-10,14-15,19H,3-6,11-13H2,1-2H3,(H,20,21). The first-order chi connectivity index (χ1) is 10.2. The average Bonchev–Trinajstić information content (AvgIpc) is 2.51. The van der Waals surface area contributed by atoms with Gasteiger partial charge in [0.2, 0.25) is 0 Å². The molecule has 0 bridgehead atoms. The summed E-state index contributed by atoms with van der Waals surface area (Å²) in [6.07, 6.45) is 6.25. The van der Waals surface area contributed by atoms with E-state index in [9.17, 15) is 4.79 Å². The van der Waals surface area contributed by atoms with Gasteiger partial charge in [-0.15, -0.1) is 0 Å².